The molecule has 2 heteroatoms. The molecule has 18 heavy (non-hydrogen) atoms. The second kappa shape index (κ2) is 5.76. The fourth-order valence-corrected chi connectivity index (χ4v) is 2.25. The van der Waals surface area contributed by atoms with Crippen LogP contribution in [0.3, 0.4) is 0 Å². The zero-order valence-corrected chi connectivity index (χ0v) is 11.4. The lowest BCUT2D eigenvalue weighted by molar-refractivity contribution is 0.340. The third-order valence-corrected chi connectivity index (χ3v) is 3.09. The zero-order valence-electron chi connectivity index (χ0n) is 11.4. The van der Waals surface area contributed by atoms with Crippen molar-refractivity contribution in [1.29, 1.82) is 0 Å². The van der Waals surface area contributed by atoms with E-state index in [4.69, 9.17) is 4.74 Å². The van der Waals surface area contributed by atoms with E-state index in [0.717, 1.165) is 18.7 Å². The summed E-state index contributed by atoms with van der Waals surface area (Å²) in [5, 5.41) is 0. The van der Waals surface area contributed by atoms with Gasteiger partial charge in [-0.05, 0) is 44.5 Å². The minimum absolute atomic E-state index is 0.707. The summed E-state index contributed by atoms with van der Waals surface area (Å²) in [4.78, 5) is 0. The maximum atomic E-state index is 5.57. The van der Waals surface area contributed by atoms with Crippen LogP contribution in [0.2, 0.25) is 0 Å². The molecule has 1 aromatic heterocycles. The van der Waals surface area contributed by atoms with E-state index < -0.39 is 0 Å². The number of hydrogen-bond donors (Lipinski definition) is 0. The van der Waals surface area contributed by atoms with E-state index in [2.05, 4.69) is 48.7 Å². The Morgan fingerprint density at radius 3 is 2.67 bits per heavy atom. The summed E-state index contributed by atoms with van der Waals surface area (Å²) in [5.41, 5.74) is 3.81. The molecule has 0 atom stereocenters. The first-order valence-corrected chi connectivity index (χ1v) is 6.65. The number of hydrogen-bond acceptors (Lipinski definition) is 1. The molecule has 0 aliphatic heterocycles. The van der Waals surface area contributed by atoms with E-state index in [1.54, 1.807) is 0 Å². The van der Waals surface area contributed by atoms with E-state index in [9.17, 15) is 0 Å². The van der Waals surface area contributed by atoms with Gasteiger partial charge in [0.15, 0.2) is 0 Å². The summed E-state index contributed by atoms with van der Waals surface area (Å²) in [6.45, 7) is 8.15. The second-order valence-corrected chi connectivity index (χ2v) is 4.47. The van der Waals surface area contributed by atoms with Gasteiger partial charge in [0.2, 0.25) is 0 Å². The van der Waals surface area contributed by atoms with Gasteiger partial charge < -0.3 is 9.30 Å². The summed E-state index contributed by atoms with van der Waals surface area (Å²) in [6.07, 6.45) is 1.15. The molecular weight excluding hydrogens is 222 g/mol. The first kappa shape index (κ1) is 12.7. The van der Waals surface area contributed by atoms with Crippen LogP contribution in [0, 0.1) is 6.92 Å². The molecule has 0 unspecified atom stereocenters. The first-order chi connectivity index (χ1) is 8.76. The van der Waals surface area contributed by atoms with Crippen molar-refractivity contribution in [2.45, 2.75) is 33.7 Å². The molecule has 2 rings (SSSR count). The van der Waals surface area contributed by atoms with Gasteiger partial charge in [-0.3, -0.25) is 0 Å². The largest absolute Gasteiger partial charge is 0.494 e. The van der Waals surface area contributed by atoms with Crippen molar-refractivity contribution in [3.05, 3.63) is 42.1 Å². The van der Waals surface area contributed by atoms with Crippen LogP contribution < -0.4 is 4.74 Å². The topological polar surface area (TPSA) is 14.2 Å². The molecule has 0 spiro atoms. The highest BCUT2D eigenvalue weighted by molar-refractivity contribution is 5.62. The number of nitrogens with zero attached hydrogens (tertiary/aromatic N) is 1. The number of rotatable bonds is 5. The van der Waals surface area contributed by atoms with Crippen molar-refractivity contribution >= 4 is 0 Å². The predicted octanol–water partition coefficient (Wildman–Crippen LogP) is 4.27. The second-order valence-electron chi connectivity index (χ2n) is 4.47. The molecule has 0 saturated heterocycles. The maximum Gasteiger partial charge on any atom is 0.119 e. The Bertz CT molecular complexity index is 514. The molecular formula is C16H21NO. The summed E-state index contributed by atoms with van der Waals surface area (Å²) in [5.74, 6) is 0.942. The molecule has 0 aliphatic carbocycles. The van der Waals surface area contributed by atoms with E-state index >= 15 is 0 Å². The van der Waals surface area contributed by atoms with Gasteiger partial charge in [-0.1, -0.05) is 19.1 Å². The lowest BCUT2D eigenvalue weighted by Crippen LogP contribution is -2.01. The fourth-order valence-electron chi connectivity index (χ4n) is 2.25. The summed E-state index contributed by atoms with van der Waals surface area (Å²) in [6, 6.07) is 12.7. The Kier molecular flexibility index (Phi) is 4.08. The molecule has 0 amide bonds. The molecule has 0 fully saturated rings. The SMILES string of the molecule is CCCn1c(C)ccc1-c1cccc(OCC)c1. The standard InChI is InChI=1S/C16H21NO/c1-4-11-17-13(3)9-10-16(17)14-7-6-8-15(12-14)18-5-2/h6-10,12H,4-5,11H2,1-3H3. The van der Waals surface area contributed by atoms with Crippen LogP contribution in [-0.4, -0.2) is 11.2 Å². The van der Waals surface area contributed by atoms with Crippen LogP contribution in [0.1, 0.15) is 26.0 Å². The van der Waals surface area contributed by atoms with Crippen molar-refractivity contribution in [2.75, 3.05) is 6.61 Å². The molecule has 1 heterocycles. The Labute approximate surface area is 109 Å². The number of benzene rings is 1. The van der Waals surface area contributed by atoms with Crippen molar-refractivity contribution in [3.63, 3.8) is 0 Å². The smallest absolute Gasteiger partial charge is 0.119 e. The Hall–Kier alpha value is -1.70. The van der Waals surface area contributed by atoms with E-state index in [-0.39, 0.29) is 0 Å². The van der Waals surface area contributed by atoms with Crippen LogP contribution in [0.5, 0.6) is 5.75 Å². The monoisotopic (exact) mass is 243 g/mol. The average molecular weight is 243 g/mol. The van der Waals surface area contributed by atoms with Gasteiger partial charge in [-0.2, -0.15) is 0 Å². The molecule has 0 radical (unpaired) electrons. The highest BCUT2D eigenvalue weighted by atomic mass is 16.5. The van der Waals surface area contributed by atoms with E-state index in [1.807, 2.05) is 13.0 Å². The Morgan fingerprint density at radius 1 is 1.11 bits per heavy atom. The molecule has 1 aromatic carbocycles. The summed E-state index contributed by atoms with van der Waals surface area (Å²) >= 11 is 0. The zero-order chi connectivity index (χ0) is 13.0. The predicted molar refractivity (Wildman–Crippen MR) is 76.1 cm³/mol. The first-order valence-electron chi connectivity index (χ1n) is 6.65. The quantitative estimate of drug-likeness (QED) is 0.764. The van der Waals surface area contributed by atoms with Crippen LogP contribution in [0.4, 0.5) is 0 Å². The van der Waals surface area contributed by atoms with Crippen LogP contribution in [-0.2, 0) is 6.54 Å². The van der Waals surface area contributed by atoms with Crippen LogP contribution in [0.15, 0.2) is 36.4 Å². The fraction of sp³-hybridized carbons (Fsp3) is 0.375. The molecule has 2 aromatic rings. The Morgan fingerprint density at radius 2 is 1.94 bits per heavy atom. The highest BCUT2D eigenvalue weighted by Crippen LogP contribution is 2.26. The minimum Gasteiger partial charge on any atom is -0.494 e. The van der Waals surface area contributed by atoms with Crippen LogP contribution in [0.25, 0.3) is 11.3 Å². The van der Waals surface area contributed by atoms with E-state index in [1.165, 1.54) is 17.0 Å². The molecule has 96 valence electrons. The third-order valence-electron chi connectivity index (χ3n) is 3.09. The normalized spacial score (nSPS) is 10.6. The third kappa shape index (κ3) is 2.58. The molecule has 0 N–H and O–H groups in total. The van der Waals surface area contributed by atoms with Gasteiger partial charge in [-0.25, -0.2) is 0 Å². The van der Waals surface area contributed by atoms with Gasteiger partial charge >= 0.3 is 0 Å². The molecule has 0 aliphatic rings. The van der Waals surface area contributed by atoms with Gasteiger partial charge in [0.1, 0.15) is 5.75 Å². The van der Waals surface area contributed by atoms with Crippen molar-refractivity contribution in [2.24, 2.45) is 0 Å². The summed E-state index contributed by atoms with van der Waals surface area (Å²) < 4.78 is 7.93. The number of ether oxygens (including phenoxy) is 1. The van der Waals surface area contributed by atoms with Crippen LogP contribution >= 0.6 is 0 Å². The van der Waals surface area contributed by atoms with Gasteiger partial charge in [0, 0.05) is 23.5 Å². The van der Waals surface area contributed by atoms with Crippen molar-refractivity contribution in [1.82, 2.24) is 4.57 Å². The summed E-state index contributed by atoms with van der Waals surface area (Å²) in [7, 11) is 0. The Balaban J connectivity index is 2.38. The van der Waals surface area contributed by atoms with Gasteiger partial charge in [-0.15, -0.1) is 0 Å². The number of aryl methyl sites for hydroxylation is 1. The van der Waals surface area contributed by atoms with Crippen molar-refractivity contribution < 1.29 is 4.74 Å². The highest BCUT2D eigenvalue weighted by Gasteiger charge is 2.07. The van der Waals surface area contributed by atoms with E-state index in [0.29, 0.717) is 6.61 Å². The van der Waals surface area contributed by atoms with Gasteiger partial charge in [0.25, 0.3) is 0 Å². The molecule has 0 saturated carbocycles. The minimum atomic E-state index is 0.707. The molecule has 0 bridgehead atoms. The maximum absolute atomic E-state index is 5.57. The lowest BCUT2D eigenvalue weighted by Gasteiger charge is -2.11. The van der Waals surface area contributed by atoms with Crippen molar-refractivity contribution in [3.8, 4) is 17.0 Å². The van der Waals surface area contributed by atoms with Gasteiger partial charge in [0.05, 0.1) is 6.61 Å². The lowest BCUT2D eigenvalue weighted by atomic mass is 10.1. The number of aromatic nitrogens is 1. The molecule has 2 nitrogen and oxygen atoms in total. The average Bonchev–Trinajstić information content (AvgIpc) is 2.73.